The molecular weight excluding hydrogens is 266 g/mol. The number of nitrogens with one attached hydrogen (secondary N) is 1. The maximum Gasteiger partial charge on any atom is 0.0794 e. The number of rotatable bonds is 6. The normalized spacial score (nSPS) is 19.8. The molecule has 114 valence electrons. The highest BCUT2D eigenvalue weighted by Gasteiger charge is 2.35. The van der Waals surface area contributed by atoms with Crippen molar-refractivity contribution in [2.75, 3.05) is 19.6 Å². The molecule has 1 atom stereocenters. The largest absolute Gasteiger partial charge is 0.312 e. The molecule has 1 saturated heterocycles. The Morgan fingerprint density at radius 2 is 2.00 bits per heavy atom. The van der Waals surface area contributed by atoms with Gasteiger partial charge in [0.15, 0.2) is 0 Å². The molecule has 0 aromatic carbocycles. The van der Waals surface area contributed by atoms with Gasteiger partial charge in [-0.05, 0) is 46.3 Å². The molecule has 0 amide bonds. The van der Waals surface area contributed by atoms with E-state index in [-0.39, 0.29) is 5.54 Å². The van der Waals surface area contributed by atoms with Gasteiger partial charge in [-0.15, -0.1) is 11.3 Å². The van der Waals surface area contributed by atoms with Crippen molar-refractivity contribution < 1.29 is 0 Å². The lowest BCUT2D eigenvalue weighted by atomic mass is 9.89. The van der Waals surface area contributed by atoms with E-state index >= 15 is 0 Å². The molecule has 1 unspecified atom stereocenters. The molecule has 20 heavy (non-hydrogen) atoms. The second-order valence-electron chi connectivity index (χ2n) is 6.34. The van der Waals surface area contributed by atoms with Crippen molar-refractivity contribution in [2.24, 2.45) is 0 Å². The second-order valence-corrected chi connectivity index (χ2v) is 7.31. The third-order valence-corrected chi connectivity index (χ3v) is 5.42. The number of likely N-dealkylation sites (tertiary alicyclic amines) is 1. The van der Waals surface area contributed by atoms with Gasteiger partial charge >= 0.3 is 0 Å². The number of nitrogens with zero attached hydrogens (tertiary/aromatic N) is 2. The van der Waals surface area contributed by atoms with E-state index < -0.39 is 0 Å². The molecule has 1 aliphatic heterocycles. The van der Waals surface area contributed by atoms with Crippen LogP contribution < -0.4 is 5.32 Å². The molecule has 0 saturated carbocycles. The monoisotopic (exact) mass is 295 g/mol. The van der Waals surface area contributed by atoms with Crippen LogP contribution in [-0.4, -0.2) is 41.1 Å². The topological polar surface area (TPSA) is 28.2 Å². The molecule has 1 aromatic heterocycles. The number of likely N-dealkylation sites (N-methyl/N-ethyl adjacent to an activating group) is 1. The fourth-order valence-corrected chi connectivity index (χ4v) is 3.87. The first-order valence-electron chi connectivity index (χ1n) is 8.00. The van der Waals surface area contributed by atoms with Crippen LogP contribution in [0.1, 0.15) is 51.3 Å². The van der Waals surface area contributed by atoms with Crippen molar-refractivity contribution in [1.82, 2.24) is 15.2 Å². The summed E-state index contributed by atoms with van der Waals surface area (Å²) in [5, 5.41) is 3.72. The lowest BCUT2D eigenvalue weighted by molar-refractivity contribution is 0.0843. The molecule has 0 spiro atoms. The molecule has 0 aliphatic carbocycles. The summed E-state index contributed by atoms with van der Waals surface area (Å²) in [7, 11) is 0. The maximum atomic E-state index is 4.22. The van der Waals surface area contributed by atoms with Gasteiger partial charge in [0.2, 0.25) is 0 Å². The first kappa shape index (κ1) is 15.9. The molecule has 3 nitrogen and oxygen atoms in total. The van der Waals surface area contributed by atoms with Gasteiger partial charge in [-0.2, -0.15) is 0 Å². The Bertz CT molecular complexity index is 367. The van der Waals surface area contributed by atoms with Gasteiger partial charge in [0.25, 0.3) is 0 Å². The van der Waals surface area contributed by atoms with Gasteiger partial charge in [-0.25, -0.2) is 0 Å². The van der Waals surface area contributed by atoms with Crippen molar-refractivity contribution in [3.63, 3.8) is 0 Å². The zero-order valence-corrected chi connectivity index (χ0v) is 14.0. The number of aromatic nitrogens is 1. The zero-order chi connectivity index (χ0) is 14.4. The van der Waals surface area contributed by atoms with E-state index in [9.17, 15) is 0 Å². The highest BCUT2D eigenvalue weighted by molar-refractivity contribution is 7.09. The SMILES string of the molecule is CCNC(Cc1cncs1)C(C)(C)N1CCCCCC1. The molecule has 1 N–H and O–H groups in total. The smallest absolute Gasteiger partial charge is 0.0794 e. The summed E-state index contributed by atoms with van der Waals surface area (Å²) in [5.74, 6) is 0. The quantitative estimate of drug-likeness (QED) is 0.872. The van der Waals surface area contributed by atoms with Crippen LogP contribution in [0.4, 0.5) is 0 Å². The van der Waals surface area contributed by atoms with E-state index in [0.717, 1.165) is 13.0 Å². The Balaban J connectivity index is 2.08. The van der Waals surface area contributed by atoms with E-state index in [1.807, 2.05) is 11.7 Å². The van der Waals surface area contributed by atoms with Crippen LogP contribution in [0.2, 0.25) is 0 Å². The summed E-state index contributed by atoms with van der Waals surface area (Å²) in [6.07, 6.45) is 8.60. The summed E-state index contributed by atoms with van der Waals surface area (Å²) in [6.45, 7) is 10.5. The first-order valence-corrected chi connectivity index (χ1v) is 8.88. The van der Waals surface area contributed by atoms with Crippen molar-refractivity contribution in [3.05, 3.63) is 16.6 Å². The van der Waals surface area contributed by atoms with Crippen LogP contribution >= 0.6 is 11.3 Å². The fraction of sp³-hybridized carbons (Fsp3) is 0.812. The predicted molar refractivity (Wildman–Crippen MR) is 87.4 cm³/mol. The fourth-order valence-electron chi connectivity index (χ4n) is 3.23. The zero-order valence-electron chi connectivity index (χ0n) is 13.2. The van der Waals surface area contributed by atoms with Crippen LogP contribution in [0, 0.1) is 0 Å². The number of thiazole rings is 1. The molecule has 0 radical (unpaired) electrons. The van der Waals surface area contributed by atoms with E-state index in [2.05, 4.69) is 36.0 Å². The van der Waals surface area contributed by atoms with Gasteiger partial charge in [-0.1, -0.05) is 19.8 Å². The second kappa shape index (κ2) is 7.53. The third kappa shape index (κ3) is 4.03. The Hall–Kier alpha value is -0.450. The van der Waals surface area contributed by atoms with E-state index in [1.165, 1.54) is 43.6 Å². The third-order valence-electron chi connectivity index (χ3n) is 4.61. The van der Waals surface area contributed by atoms with E-state index in [1.54, 1.807) is 11.3 Å². The standard InChI is InChI=1S/C16H29N3S/c1-4-18-15(11-14-12-17-13-20-14)16(2,3)19-9-7-5-6-8-10-19/h12-13,15,18H,4-11H2,1-3H3. The number of hydrogen-bond donors (Lipinski definition) is 1. The Labute approximate surface area is 127 Å². The first-order chi connectivity index (χ1) is 9.64. The van der Waals surface area contributed by atoms with Crippen LogP contribution in [-0.2, 0) is 6.42 Å². The van der Waals surface area contributed by atoms with Crippen LogP contribution in [0.25, 0.3) is 0 Å². The van der Waals surface area contributed by atoms with E-state index in [4.69, 9.17) is 0 Å². The summed E-state index contributed by atoms with van der Waals surface area (Å²) in [5.41, 5.74) is 2.14. The average Bonchev–Trinajstić information content (AvgIpc) is 2.77. The minimum atomic E-state index is 0.199. The van der Waals surface area contributed by atoms with Crippen LogP contribution in [0.15, 0.2) is 11.7 Å². The summed E-state index contributed by atoms with van der Waals surface area (Å²) in [6, 6.07) is 0.492. The minimum absolute atomic E-state index is 0.199. The molecule has 1 fully saturated rings. The van der Waals surface area contributed by atoms with Gasteiger partial charge in [0.05, 0.1) is 5.51 Å². The lowest BCUT2D eigenvalue weighted by Gasteiger charge is -2.44. The molecular formula is C16H29N3S. The van der Waals surface area contributed by atoms with Crippen molar-refractivity contribution >= 4 is 11.3 Å². The van der Waals surface area contributed by atoms with Crippen LogP contribution in [0.3, 0.4) is 0 Å². The molecule has 4 heteroatoms. The molecule has 2 rings (SSSR count). The summed E-state index contributed by atoms with van der Waals surface area (Å²) in [4.78, 5) is 8.31. The molecule has 0 bridgehead atoms. The number of hydrogen-bond acceptors (Lipinski definition) is 4. The molecule has 1 aromatic rings. The van der Waals surface area contributed by atoms with Gasteiger partial charge < -0.3 is 5.32 Å². The predicted octanol–water partition coefficient (Wildman–Crippen LogP) is 3.32. The summed E-state index contributed by atoms with van der Waals surface area (Å²) < 4.78 is 0. The summed E-state index contributed by atoms with van der Waals surface area (Å²) >= 11 is 1.77. The van der Waals surface area contributed by atoms with Gasteiger partial charge in [0.1, 0.15) is 0 Å². The lowest BCUT2D eigenvalue weighted by Crippen LogP contribution is -2.58. The molecule has 1 aliphatic rings. The van der Waals surface area contributed by atoms with Crippen molar-refractivity contribution in [1.29, 1.82) is 0 Å². The van der Waals surface area contributed by atoms with Crippen molar-refractivity contribution in [2.45, 2.75) is 64.5 Å². The highest BCUT2D eigenvalue weighted by atomic mass is 32.1. The Morgan fingerprint density at radius 1 is 1.30 bits per heavy atom. The Morgan fingerprint density at radius 3 is 2.55 bits per heavy atom. The molecule has 2 heterocycles. The average molecular weight is 295 g/mol. The van der Waals surface area contributed by atoms with Crippen molar-refractivity contribution in [3.8, 4) is 0 Å². The van der Waals surface area contributed by atoms with Gasteiger partial charge in [0, 0.05) is 29.1 Å². The maximum absolute atomic E-state index is 4.22. The Kier molecular flexibility index (Phi) is 6.00. The highest BCUT2D eigenvalue weighted by Crippen LogP contribution is 2.26. The van der Waals surface area contributed by atoms with E-state index in [0.29, 0.717) is 6.04 Å². The van der Waals surface area contributed by atoms with Gasteiger partial charge in [-0.3, -0.25) is 9.88 Å². The minimum Gasteiger partial charge on any atom is -0.312 e. The van der Waals surface area contributed by atoms with Crippen LogP contribution in [0.5, 0.6) is 0 Å².